The van der Waals surface area contributed by atoms with Crippen molar-refractivity contribution in [3.63, 3.8) is 0 Å². The predicted molar refractivity (Wildman–Crippen MR) is 189 cm³/mol. The van der Waals surface area contributed by atoms with Crippen molar-refractivity contribution in [1.29, 1.82) is 0 Å². The summed E-state index contributed by atoms with van der Waals surface area (Å²) in [5, 5.41) is 24.9. The van der Waals surface area contributed by atoms with Crippen molar-refractivity contribution in [3.05, 3.63) is 58.3 Å². The fourth-order valence-electron chi connectivity index (χ4n) is 5.56. The van der Waals surface area contributed by atoms with Gasteiger partial charge in [-0.3, -0.25) is 14.4 Å². The third kappa shape index (κ3) is 9.55. The maximum atomic E-state index is 13.4. The van der Waals surface area contributed by atoms with E-state index in [0.29, 0.717) is 36.6 Å². The molecule has 0 fully saturated rings. The van der Waals surface area contributed by atoms with Crippen LogP contribution in [0.2, 0.25) is 0 Å². The van der Waals surface area contributed by atoms with Gasteiger partial charge >= 0.3 is 0 Å². The maximum Gasteiger partial charge on any atom is 0.277 e. The molecule has 0 bridgehead atoms. The number of unbranched alkanes of at least 4 members (excludes halogenated alkanes) is 2. The number of nitrogens with one attached hydrogen (secondary N) is 2. The van der Waals surface area contributed by atoms with E-state index in [1.54, 1.807) is 18.8 Å². The SMILES string of the molecule is CC(C)Cc1nn(C)c(=O)c2c(SCCCO)n(Cc3cnc(NCCCCCNC(=O)[C@H](N)CCC(N)=O)c4ccccc34)cc12. The summed E-state index contributed by atoms with van der Waals surface area (Å²) >= 11 is 1.59. The topological polar surface area (TPSA) is 183 Å². The number of carbonyl (C=O) groups is 2. The molecule has 0 saturated heterocycles. The van der Waals surface area contributed by atoms with E-state index in [1.165, 1.54) is 4.68 Å². The van der Waals surface area contributed by atoms with Gasteiger partial charge in [-0.25, -0.2) is 9.67 Å². The number of pyridine rings is 1. The number of nitrogens with zero attached hydrogens (tertiary/aromatic N) is 4. The molecule has 12 nitrogen and oxygen atoms in total. The monoisotopic (exact) mass is 664 g/mol. The van der Waals surface area contributed by atoms with Gasteiger partial charge in [0.05, 0.1) is 28.7 Å². The zero-order valence-electron chi connectivity index (χ0n) is 27.6. The molecule has 2 amide bonds. The number of aliphatic hydroxyl groups is 1. The molecule has 47 heavy (non-hydrogen) atoms. The Bertz CT molecular complexity index is 1730. The van der Waals surface area contributed by atoms with Gasteiger partial charge < -0.3 is 31.8 Å². The van der Waals surface area contributed by atoms with Crippen LogP contribution in [0.5, 0.6) is 0 Å². The third-order valence-electron chi connectivity index (χ3n) is 7.96. The second-order valence-corrected chi connectivity index (χ2v) is 13.4. The van der Waals surface area contributed by atoms with Crippen molar-refractivity contribution in [2.45, 2.75) is 76.4 Å². The van der Waals surface area contributed by atoms with Crippen LogP contribution in [0.3, 0.4) is 0 Å². The van der Waals surface area contributed by atoms with Crippen molar-refractivity contribution in [2.75, 3.05) is 30.8 Å². The van der Waals surface area contributed by atoms with Crippen LogP contribution in [-0.4, -0.2) is 67.7 Å². The number of carbonyl (C=O) groups excluding carboxylic acids is 2. The minimum Gasteiger partial charge on any atom is -0.396 e. The molecule has 0 aliphatic rings. The molecule has 13 heteroatoms. The zero-order chi connectivity index (χ0) is 33.9. The first kappa shape index (κ1) is 35.9. The number of aliphatic hydroxyl groups excluding tert-OH is 1. The maximum absolute atomic E-state index is 13.4. The van der Waals surface area contributed by atoms with E-state index >= 15 is 0 Å². The Hall–Kier alpha value is -3.94. The second-order valence-electron chi connectivity index (χ2n) is 12.3. The second kappa shape index (κ2) is 17.3. The number of hydrogen-bond donors (Lipinski definition) is 5. The first-order valence-corrected chi connectivity index (χ1v) is 17.3. The lowest BCUT2D eigenvalue weighted by atomic mass is 10.1. The van der Waals surface area contributed by atoms with Crippen LogP contribution in [0.1, 0.15) is 63.6 Å². The number of benzene rings is 1. The predicted octanol–water partition coefficient (Wildman–Crippen LogP) is 3.30. The van der Waals surface area contributed by atoms with E-state index in [2.05, 4.69) is 52.5 Å². The first-order valence-electron chi connectivity index (χ1n) is 16.4. The van der Waals surface area contributed by atoms with Gasteiger partial charge in [0, 0.05) is 62.1 Å². The number of hydrogen-bond acceptors (Lipinski definition) is 9. The fourth-order valence-corrected chi connectivity index (χ4v) is 6.65. The number of nitrogens with two attached hydrogens (primary N) is 2. The molecule has 1 atom stereocenters. The highest BCUT2D eigenvalue weighted by molar-refractivity contribution is 7.99. The van der Waals surface area contributed by atoms with Crippen molar-refractivity contribution >= 4 is 50.9 Å². The number of anilines is 1. The smallest absolute Gasteiger partial charge is 0.277 e. The highest BCUT2D eigenvalue weighted by Crippen LogP contribution is 2.33. The van der Waals surface area contributed by atoms with Gasteiger partial charge in [0.15, 0.2) is 0 Å². The molecule has 0 spiro atoms. The Morgan fingerprint density at radius 2 is 1.81 bits per heavy atom. The average molecular weight is 665 g/mol. The quantitative estimate of drug-likeness (QED) is 0.0742. The van der Waals surface area contributed by atoms with Gasteiger partial charge in [0.2, 0.25) is 11.8 Å². The van der Waals surface area contributed by atoms with E-state index in [4.69, 9.17) is 16.5 Å². The van der Waals surface area contributed by atoms with Gasteiger partial charge in [-0.05, 0) is 55.4 Å². The molecule has 3 heterocycles. The third-order valence-corrected chi connectivity index (χ3v) is 9.17. The molecule has 0 saturated carbocycles. The molecule has 0 radical (unpaired) electrons. The lowest BCUT2D eigenvalue weighted by Gasteiger charge is -2.14. The Labute approximate surface area is 279 Å². The number of rotatable bonds is 19. The zero-order valence-corrected chi connectivity index (χ0v) is 28.4. The lowest BCUT2D eigenvalue weighted by Crippen LogP contribution is -2.41. The van der Waals surface area contributed by atoms with Gasteiger partial charge in [-0.2, -0.15) is 5.10 Å². The van der Waals surface area contributed by atoms with Gasteiger partial charge in [-0.15, -0.1) is 11.8 Å². The number of aromatic nitrogens is 4. The summed E-state index contributed by atoms with van der Waals surface area (Å²) in [6.07, 6.45) is 8.31. The van der Waals surface area contributed by atoms with Crippen LogP contribution in [0, 0.1) is 5.92 Å². The van der Waals surface area contributed by atoms with Crippen LogP contribution in [0.4, 0.5) is 5.82 Å². The van der Waals surface area contributed by atoms with Crippen LogP contribution in [-0.2, 0) is 29.6 Å². The van der Waals surface area contributed by atoms with Crippen molar-refractivity contribution in [2.24, 2.45) is 24.4 Å². The molecule has 1 aromatic carbocycles. The highest BCUT2D eigenvalue weighted by Gasteiger charge is 2.20. The van der Waals surface area contributed by atoms with Gasteiger partial charge in [0.1, 0.15) is 5.82 Å². The van der Waals surface area contributed by atoms with E-state index in [-0.39, 0.29) is 30.9 Å². The van der Waals surface area contributed by atoms with Crippen LogP contribution >= 0.6 is 11.8 Å². The van der Waals surface area contributed by atoms with Crippen molar-refractivity contribution in [1.82, 2.24) is 24.6 Å². The first-order chi connectivity index (χ1) is 22.6. The van der Waals surface area contributed by atoms with E-state index < -0.39 is 11.9 Å². The number of fused-ring (bicyclic) bond motifs is 2. The number of primary amides is 1. The van der Waals surface area contributed by atoms with Crippen LogP contribution < -0.4 is 27.7 Å². The lowest BCUT2D eigenvalue weighted by molar-refractivity contribution is -0.122. The van der Waals surface area contributed by atoms with Crippen LogP contribution in [0.15, 0.2) is 46.5 Å². The van der Waals surface area contributed by atoms with Gasteiger partial charge in [0.25, 0.3) is 5.56 Å². The average Bonchev–Trinajstić information content (AvgIpc) is 3.40. The Morgan fingerprint density at radius 3 is 2.53 bits per heavy atom. The Balaban J connectivity index is 1.46. The molecule has 4 rings (SSSR count). The van der Waals surface area contributed by atoms with Gasteiger partial charge in [-0.1, -0.05) is 38.1 Å². The summed E-state index contributed by atoms with van der Waals surface area (Å²) in [5.74, 6) is 1.16. The van der Waals surface area contributed by atoms with E-state index in [0.717, 1.165) is 70.5 Å². The minimum atomic E-state index is -0.730. The molecule has 4 aromatic rings. The molecular weight excluding hydrogens is 616 g/mol. The molecule has 0 aliphatic carbocycles. The molecule has 0 unspecified atom stereocenters. The normalized spacial score (nSPS) is 12.2. The molecule has 3 aromatic heterocycles. The molecule has 0 aliphatic heterocycles. The van der Waals surface area contributed by atoms with Crippen molar-refractivity contribution < 1.29 is 14.7 Å². The van der Waals surface area contributed by atoms with E-state index in [1.807, 2.05) is 18.3 Å². The standard InChI is InChI=1S/C34H48N8O4S/c1-22(2)18-28-26-21-42(34(47-17-9-16-43)30(26)33(46)41(3)40-28)20-23-19-39-31(25-11-6-5-10-24(23)25)37-14-7-4-8-15-38-32(45)27(35)12-13-29(36)44/h5-6,10-11,19,21-22,27,43H,4,7-9,12-18,20,35H2,1-3H3,(H2,36,44)(H,37,39)(H,38,45)/t27-/m1/s1. The number of aryl methyl sites for hydroxylation is 1. The Morgan fingerprint density at radius 1 is 1.06 bits per heavy atom. The minimum absolute atomic E-state index is 0.0944. The summed E-state index contributed by atoms with van der Waals surface area (Å²) < 4.78 is 3.58. The summed E-state index contributed by atoms with van der Waals surface area (Å²) in [7, 11) is 1.71. The highest BCUT2D eigenvalue weighted by atomic mass is 32.2. The Kier molecular flexibility index (Phi) is 13.2. The molecule has 7 N–H and O–H groups in total. The number of amides is 2. The van der Waals surface area contributed by atoms with Crippen molar-refractivity contribution in [3.8, 4) is 0 Å². The summed E-state index contributed by atoms with van der Waals surface area (Å²) in [4.78, 5) is 41.2. The fraction of sp³-hybridized carbons (Fsp3) is 0.500. The summed E-state index contributed by atoms with van der Waals surface area (Å²) in [6.45, 7) is 6.17. The summed E-state index contributed by atoms with van der Waals surface area (Å²) in [6, 6.07) is 7.46. The number of thioether (sulfide) groups is 1. The van der Waals surface area contributed by atoms with E-state index in [9.17, 15) is 19.5 Å². The summed E-state index contributed by atoms with van der Waals surface area (Å²) in [5.41, 5.74) is 12.8. The molecule has 254 valence electrons. The van der Waals surface area contributed by atoms with Crippen LogP contribution in [0.25, 0.3) is 21.5 Å². The molecular formula is C34H48N8O4S. The largest absolute Gasteiger partial charge is 0.396 e.